The Hall–Kier alpha value is -0.680. The van der Waals surface area contributed by atoms with E-state index in [1.807, 2.05) is 7.05 Å². The van der Waals surface area contributed by atoms with Crippen molar-refractivity contribution in [1.82, 2.24) is 4.90 Å². The van der Waals surface area contributed by atoms with Gasteiger partial charge in [-0.15, -0.1) is 0 Å². The first kappa shape index (κ1) is 14.7. The lowest BCUT2D eigenvalue weighted by Gasteiger charge is -2.37. The molecule has 0 bridgehead atoms. The summed E-state index contributed by atoms with van der Waals surface area (Å²) in [6, 6.07) is 4.95. The third-order valence-corrected chi connectivity index (χ3v) is 4.13. The number of halogens is 2. The molecule has 1 unspecified atom stereocenters. The Labute approximate surface area is 118 Å². The van der Waals surface area contributed by atoms with Gasteiger partial charge in [0.2, 0.25) is 0 Å². The van der Waals surface area contributed by atoms with E-state index in [1.165, 1.54) is 12.1 Å². The molecule has 19 heavy (non-hydrogen) atoms. The predicted octanol–water partition coefficient (Wildman–Crippen LogP) is 2.59. The van der Waals surface area contributed by atoms with Gasteiger partial charge < -0.3 is 10.5 Å². The molecule has 1 fully saturated rings. The van der Waals surface area contributed by atoms with Crippen molar-refractivity contribution in [2.75, 3.05) is 26.8 Å². The number of nitrogens with zero attached hydrogens (tertiary/aromatic N) is 1. The van der Waals surface area contributed by atoms with Crippen LogP contribution in [0.4, 0.5) is 4.39 Å². The number of benzene rings is 1. The van der Waals surface area contributed by atoms with Crippen molar-refractivity contribution in [2.24, 2.45) is 5.73 Å². The second-order valence-corrected chi connectivity index (χ2v) is 5.33. The summed E-state index contributed by atoms with van der Waals surface area (Å²) in [5.41, 5.74) is 6.78. The summed E-state index contributed by atoms with van der Waals surface area (Å²) < 4.78 is 18.5. The van der Waals surface area contributed by atoms with E-state index in [2.05, 4.69) is 4.90 Å². The fourth-order valence-corrected chi connectivity index (χ4v) is 2.92. The highest BCUT2D eigenvalue weighted by Gasteiger charge is 2.26. The summed E-state index contributed by atoms with van der Waals surface area (Å²) in [6.07, 6.45) is 1.98. The molecule has 1 aromatic rings. The fraction of sp³-hybridized carbons (Fsp3) is 0.571. The van der Waals surface area contributed by atoms with Gasteiger partial charge in [-0.1, -0.05) is 17.7 Å². The molecule has 0 amide bonds. The largest absolute Gasteiger partial charge is 0.381 e. The van der Waals surface area contributed by atoms with Crippen LogP contribution in [0.5, 0.6) is 0 Å². The van der Waals surface area contributed by atoms with Crippen LogP contribution in [0.15, 0.2) is 18.2 Å². The Morgan fingerprint density at radius 1 is 1.47 bits per heavy atom. The van der Waals surface area contributed by atoms with Crippen LogP contribution in [0.2, 0.25) is 5.02 Å². The lowest BCUT2D eigenvalue weighted by Crippen LogP contribution is -2.41. The Balaban J connectivity index is 2.18. The van der Waals surface area contributed by atoms with Crippen molar-refractivity contribution in [1.29, 1.82) is 0 Å². The van der Waals surface area contributed by atoms with Crippen molar-refractivity contribution in [3.63, 3.8) is 0 Å². The zero-order chi connectivity index (χ0) is 13.8. The van der Waals surface area contributed by atoms with Crippen LogP contribution in [0.3, 0.4) is 0 Å². The van der Waals surface area contributed by atoms with Gasteiger partial charge in [-0.05, 0) is 37.6 Å². The van der Waals surface area contributed by atoms with Crippen molar-refractivity contribution in [3.8, 4) is 0 Å². The molecule has 3 nitrogen and oxygen atoms in total. The molecule has 1 aliphatic rings. The number of likely N-dealkylation sites (N-methyl/N-ethyl adjacent to an activating group) is 1. The van der Waals surface area contributed by atoms with Gasteiger partial charge in [0.25, 0.3) is 0 Å². The van der Waals surface area contributed by atoms with Crippen molar-refractivity contribution >= 4 is 11.6 Å². The van der Waals surface area contributed by atoms with E-state index in [1.54, 1.807) is 6.07 Å². The van der Waals surface area contributed by atoms with Gasteiger partial charge in [0.15, 0.2) is 0 Å². The fourth-order valence-electron chi connectivity index (χ4n) is 2.63. The molecule has 5 heteroatoms. The summed E-state index contributed by atoms with van der Waals surface area (Å²) >= 11 is 6.14. The Morgan fingerprint density at radius 3 is 2.74 bits per heavy atom. The zero-order valence-electron chi connectivity index (χ0n) is 11.1. The SMILES string of the molecule is CN(C1CCOCC1)C(CN)c1ccc(F)cc1Cl. The summed E-state index contributed by atoms with van der Waals surface area (Å²) in [5, 5.41) is 0.439. The van der Waals surface area contributed by atoms with Crippen molar-refractivity contribution in [3.05, 3.63) is 34.6 Å². The molecule has 2 N–H and O–H groups in total. The minimum atomic E-state index is -0.321. The van der Waals surface area contributed by atoms with Gasteiger partial charge in [0, 0.05) is 36.9 Å². The lowest BCUT2D eigenvalue weighted by atomic mass is 10.0. The first-order valence-electron chi connectivity index (χ1n) is 6.58. The number of hydrogen-bond acceptors (Lipinski definition) is 3. The second-order valence-electron chi connectivity index (χ2n) is 4.93. The Kier molecular flexibility index (Phi) is 5.16. The molecule has 0 spiro atoms. The van der Waals surface area contributed by atoms with Crippen LogP contribution in [-0.2, 0) is 4.74 Å². The Morgan fingerprint density at radius 2 is 2.16 bits per heavy atom. The highest BCUT2D eigenvalue weighted by Crippen LogP contribution is 2.30. The van der Waals surface area contributed by atoms with Gasteiger partial charge in [0.05, 0.1) is 0 Å². The molecule has 1 heterocycles. The molecule has 1 saturated heterocycles. The number of hydrogen-bond donors (Lipinski definition) is 1. The lowest BCUT2D eigenvalue weighted by molar-refractivity contribution is 0.0294. The van der Waals surface area contributed by atoms with Crippen LogP contribution in [0.1, 0.15) is 24.4 Å². The molecular formula is C14H20ClFN2O. The average Bonchev–Trinajstić information content (AvgIpc) is 2.42. The summed E-state index contributed by atoms with van der Waals surface area (Å²) in [7, 11) is 2.05. The van der Waals surface area contributed by atoms with E-state index in [-0.39, 0.29) is 11.9 Å². The average molecular weight is 287 g/mol. The number of nitrogens with two attached hydrogens (primary N) is 1. The molecule has 106 valence electrons. The predicted molar refractivity (Wildman–Crippen MR) is 74.8 cm³/mol. The Bertz CT molecular complexity index is 424. The van der Waals surface area contributed by atoms with Crippen LogP contribution in [0, 0.1) is 5.82 Å². The van der Waals surface area contributed by atoms with Gasteiger partial charge in [-0.3, -0.25) is 4.90 Å². The van der Waals surface area contributed by atoms with Crippen LogP contribution in [-0.4, -0.2) is 37.7 Å². The van der Waals surface area contributed by atoms with E-state index in [0.717, 1.165) is 31.6 Å². The van der Waals surface area contributed by atoms with Gasteiger partial charge in [0.1, 0.15) is 5.82 Å². The summed E-state index contributed by atoms with van der Waals surface area (Å²) in [5.74, 6) is -0.321. The molecule has 0 saturated carbocycles. The number of rotatable bonds is 4. The highest BCUT2D eigenvalue weighted by atomic mass is 35.5. The maximum Gasteiger partial charge on any atom is 0.124 e. The van der Waals surface area contributed by atoms with E-state index < -0.39 is 0 Å². The first-order chi connectivity index (χ1) is 9.13. The van der Waals surface area contributed by atoms with Crippen LogP contribution < -0.4 is 5.73 Å². The maximum atomic E-state index is 13.1. The zero-order valence-corrected chi connectivity index (χ0v) is 11.9. The van der Waals surface area contributed by atoms with E-state index in [4.69, 9.17) is 22.1 Å². The first-order valence-corrected chi connectivity index (χ1v) is 6.96. The van der Waals surface area contributed by atoms with Crippen molar-refractivity contribution < 1.29 is 9.13 Å². The minimum absolute atomic E-state index is 0.0104. The standard InChI is InChI=1S/C14H20ClFN2O/c1-18(11-4-6-19-7-5-11)14(9-17)12-3-2-10(16)8-13(12)15/h2-3,8,11,14H,4-7,9,17H2,1H3. The van der Waals surface area contributed by atoms with Crippen molar-refractivity contribution in [2.45, 2.75) is 24.9 Å². The molecule has 1 atom stereocenters. The van der Waals surface area contributed by atoms with Gasteiger partial charge in [-0.25, -0.2) is 4.39 Å². The second kappa shape index (κ2) is 6.66. The molecule has 0 radical (unpaired) electrons. The molecule has 2 rings (SSSR count). The minimum Gasteiger partial charge on any atom is -0.381 e. The highest BCUT2D eigenvalue weighted by molar-refractivity contribution is 6.31. The monoisotopic (exact) mass is 286 g/mol. The smallest absolute Gasteiger partial charge is 0.124 e. The van der Waals surface area contributed by atoms with E-state index in [9.17, 15) is 4.39 Å². The summed E-state index contributed by atoms with van der Waals surface area (Å²) in [4.78, 5) is 2.24. The van der Waals surface area contributed by atoms with Gasteiger partial charge in [-0.2, -0.15) is 0 Å². The van der Waals surface area contributed by atoms with Gasteiger partial charge >= 0.3 is 0 Å². The molecule has 1 aromatic carbocycles. The normalized spacial score (nSPS) is 18.8. The molecule has 1 aliphatic heterocycles. The van der Waals surface area contributed by atoms with E-state index in [0.29, 0.717) is 17.6 Å². The van der Waals surface area contributed by atoms with Crippen LogP contribution >= 0.6 is 11.6 Å². The van der Waals surface area contributed by atoms with E-state index >= 15 is 0 Å². The summed E-state index contributed by atoms with van der Waals surface area (Å²) in [6.45, 7) is 2.02. The third-order valence-electron chi connectivity index (χ3n) is 3.80. The molecule has 0 aliphatic carbocycles. The third kappa shape index (κ3) is 3.45. The van der Waals surface area contributed by atoms with Crippen LogP contribution in [0.25, 0.3) is 0 Å². The number of ether oxygens (including phenoxy) is 1. The topological polar surface area (TPSA) is 38.5 Å². The molecule has 0 aromatic heterocycles. The quantitative estimate of drug-likeness (QED) is 0.925. The maximum absolute atomic E-state index is 13.1. The molecular weight excluding hydrogens is 267 g/mol.